The third-order valence-electron chi connectivity index (χ3n) is 7.76. The number of nitriles is 1. The topological polar surface area (TPSA) is 135 Å². The Kier molecular flexibility index (Phi) is 7.54. The van der Waals surface area contributed by atoms with Gasteiger partial charge >= 0.3 is 0 Å². The predicted octanol–water partition coefficient (Wildman–Crippen LogP) is 4.98. The molecule has 3 heterocycles. The molecule has 0 bridgehead atoms. The lowest BCUT2D eigenvalue weighted by molar-refractivity contribution is -0.127. The van der Waals surface area contributed by atoms with Crippen molar-refractivity contribution in [3.63, 3.8) is 0 Å². The summed E-state index contributed by atoms with van der Waals surface area (Å²) in [6, 6.07) is 16.0. The third-order valence-corrected chi connectivity index (χ3v) is 7.76. The molecule has 220 valence electrons. The number of hydrogen-bond donors (Lipinski definition) is 2. The van der Waals surface area contributed by atoms with E-state index in [1.165, 1.54) is 12.4 Å². The summed E-state index contributed by atoms with van der Waals surface area (Å²) in [6.45, 7) is 4.77. The highest BCUT2D eigenvalue weighted by Crippen LogP contribution is 2.35. The Bertz CT molecular complexity index is 1740. The molecule has 2 aromatic carbocycles. The molecular formula is C32H33FN8O2. The second kappa shape index (κ2) is 11.5. The molecule has 2 aliphatic rings. The quantitative estimate of drug-likeness (QED) is 0.209. The van der Waals surface area contributed by atoms with Crippen molar-refractivity contribution in [1.82, 2.24) is 30.0 Å². The normalized spacial score (nSPS) is 17.3. The minimum absolute atomic E-state index is 0.113. The Morgan fingerprint density at radius 2 is 1.98 bits per heavy atom. The number of halogens is 1. The number of ether oxygens (including phenoxy) is 1. The van der Waals surface area contributed by atoms with E-state index in [2.05, 4.69) is 21.4 Å². The number of benzene rings is 2. The van der Waals surface area contributed by atoms with Gasteiger partial charge in [0.2, 0.25) is 0 Å². The van der Waals surface area contributed by atoms with E-state index in [-0.39, 0.29) is 28.9 Å². The number of amides is 1. The molecular weight excluding hydrogens is 547 g/mol. The second-order valence-electron chi connectivity index (χ2n) is 11.6. The summed E-state index contributed by atoms with van der Waals surface area (Å²) in [5, 5.41) is 18.5. The van der Waals surface area contributed by atoms with Gasteiger partial charge in [0.25, 0.3) is 5.91 Å². The Hall–Kier alpha value is -4.82. The fraction of sp³-hybridized carbons (Fsp3) is 0.344. The van der Waals surface area contributed by atoms with Crippen LogP contribution in [0.5, 0.6) is 11.5 Å². The van der Waals surface area contributed by atoms with Crippen molar-refractivity contribution < 1.29 is 13.9 Å². The number of rotatable bonds is 9. The fourth-order valence-corrected chi connectivity index (χ4v) is 5.67. The Morgan fingerprint density at radius 1 is 1.19 bits per heavy atom. The highest BCUT2D eigenvalue weighted by atomic mass is 19.1. The van der Waals surface area contributed by atoms with Gasteiger partial charge in [-0.05, 0) is 69.9 Å². The summed E-state index contributed by atoms with van der Waals surface area (Å²) in [7, 11) is 0. The summed E-state index contributed by atoms with van der Waals surface area (Å²) in [6.07, 6.45) is 6.79. The molecule has 1 amide bonds. The van der Waals surface area contributed by atoms with Gasteiger partial charge in [0, 0.05) is 29.8 Å². The molecule has 10 nitrogen and oxygen atoms in total. The van der Waals surface area contributed by atoms with Crippen LogP contribution in [0.15, 0.2) is 66.5 Å². The zero-order valence-electron chi connectivity index (χ0n) is 24.1. The predicted molar refractivity (Wildman–Crippen MR) is 160 cm³/mol. The third kappa shape index (κ3) is 6.05. The van der Waals surface area contributed by atoms with E-state index >= 15 is 4.39 Å². The molecule has 6 rings (SSSR count). The number of aromatic nitrogens is 4. The first-order valence-corrected chi connectivity index (χ1v) is 14.4. The molecule has 2 aromatic heterocycles. The second-order valence-corrected chi connectivity index (χ2v) is 11.6. The van der Waals surface area contributed by atoms with Gasteiger partial charge in [-0.3, -0.25) is 4.79 Å². The Balaban J connectivity index is 1.28. The zero-order chi connectivity index (χ0) is 30.1. The average molecular weight is 581 g/mol. The van der Waals surface area contributed by atoms with E-state index in [4.69, 9.17) is 15.6 Å². The standard InChI is InChI=1S/C32H33FN8O2/c1-32(2,38-21-10-11-21)16-20(17-34)31(42)40-14-6-7-22(40)18-41-30-27(29(35)36-19-37-30)28(39-41)25-13-12-24(15-26(25)33)43-23-8-4-3-5-9-23/h3-5,8-9,12-13,15-16,19,21-22,38H,6-7,10-11,14,18H2,1-2H3,(H2,35,36,37). The van der Waals surface area contributed by atoms with Crippen LogP contribution in [0, 0.1) is 17.1 Å². The van der Waals surface area contributed by atoms with Crippen LogP contribution in [0.3, 0.4) is 0 Å². The molecule has 0 spiro atoms. The van der Waals surface area contributed by atoms with Crippen LogP contribution in [0.4, 0.5) is 10.2 Å². The summed E-state index contributed by atoms with van der Waals surface area (Å²) in [5.41, 5.74) is 6.87. The van der Waals surface area contributed by atoms with Crippen LogP contribution in [0.1, 0.15) is 39.5 Å². The van der Waals surface area contributed by atoms with Gasteiger partial charge in [-0.2, -0.15) is 10.4 Å². The van der Waals surface area contributed by atoms with Crippen LogP contribution < -0.4 is 15.8 Å². The van der Waals surface area contributed by atoms with Crippen LogP contribution in [-0.2, 0) is 11.3 Å². The lowest BCUT2D eigenvalue weighted by atomic mass is 10.0. The van der Waals surface area contributed by atoms with Crippen molar-refractivity contribution in [3.05, 3.63) is 72.3 Å². The molecule has 1 aliphatic heterocycles. The Morgan fingerprint density at radius 3 is 2.70 bits per heavy atom. The van der Waals surface area contributed by atoms with Crippen LogP contribution >= 0.6 is 0 Å². The number of nitrogens with zero attached hydrogens (tertiary/aromatic N) is 6. The van der Waals surface area contributed by atoms with Gasteiger partial charge in [-0.15, -0.1) is 0 Å². The largest absolute Gasteiger partial charge is 0.457 e. The minimum atomic E-state index is -0.535. The lowest BCUT2D eigenvalue weighted by Crippen LogP contribution is -2.42. The molecule has 1 saturated heterocycles. The molecule has 2 fully saturated rings. The fourth-order valence-electron chi connectivity index (χ4n) is 5.67. The first-order valence-electron chi connectivity index (χ1n) is 14.4. The minimum Gasteiger partial charge on any atom is -0.457 e. The zero-order valence-corrected chi connectivity index (χ0v) is 24.1. The monoisotopic (exact) mass is 580 g/mol. The molecule has 1 saturated carbocycles. The van der Waals surface area contributed by atoms with E-state index in [0.717, 1.165) is 25.7 Å². The van der Waals surface area contributed by atoms with E-state index < -0.39 is 11.4 Å². The molecule has 1 atom stereocenters. The van der Waals surface area contributed by atoms with E-state index in [9.17, 15) is 10.1 Å². The lowest BCUT2D eigenvalue weighted by Gasteiger charge is -2.27. The van der Waals surface area contributed by atoms with E-state index in [1.54, 1.807) is 39.9 Å². The first-order chi connectivity index (χ1) is 20.7. The number of nitrogens with one attached hydrogen (secondary N) is 1. The smallest absolute Gasteiger partial charge is 0.264 e. The molecule has 1 unspecified atom stereocenters. The van der Waals surface area contributed by atoms with E-state index in [1.807, 2.05) is 32.0 Å². The molecule has 1 aliphatic carbocycles. The molecule has 43 heavy (non-hydrogen) atoms. The van der Waals surface area contributed by atoms with Crippen molar-refractivity contribution in [1.29, 1.82) is 5.26 Å². The maximum atomic E-state index is 15.5. The highest BCUT2D eigenvalue weighted by Gasteiger charge is 2.34. The first kappa shape index (κ1) is 28.3. The summed E-state index contributed by atoms with van der Waals surface area (Å²) in [5.74, 6) is 0.274. The van der Waals surface area contributed by atoms with Crippen LogP contribution in [-0.4, -0.2) is 54.7 Å². The van der Waals surface area contributed by atoms with Gasteiger partial charge < -0.3 is 20.7 Å². The highest BCUT2D eigenvalue weighted by molar-refractivity contribution is 5.99. The summed E-state index contributed by atoms with van der Waals surface area (Å²) >= 11 is 0. The molecule has 11 heteroatoms. The van der Waals surface area contributed by atoms with Crippen LogP contribution in [0.2, 0.25) is 0 Å². The van der Waals surface area contributed by atoms with Gasteiger partial charge in [0.15, 0.2) is 5.65 Å². The van der Waals surface area contributed by atoms with Crippen molar-refractivity contribution in [2.24, 2.45) is 0 Å². The van der Waals surface area contributed by atoms with Gasteiger partial charge in [-0.25, -0.2) is 19.0 Å². The SMILES string of the molecule is CC(C)(C=C(C#N)C(=O)N1CCCC1Cn1nc(-c2ccc(Oc3ccccc3)cc2F)c2c(N)ncnc21)NC1CC1. The molecule has 4 aromatic rings. The molecule has 3 N–H and O–H groups in total. The summed E-state index contributed by atoms with van der Waals surface area (Å²) in [4.78, 5) is 23.9. The maximum absolute atomic E-state index is 15.5. The van der Waals surface area contributed by atoms with Crippen LogP contribution in [0.25, 0.3) is 22.3 Å². The van der Waals surface area contributed by atoms with Crippen molar-refractivity contribution in [2.45, 2.75) is 63.7 Å². The number of fused-ring (bicyclic) bond motifs is 1. The Labute approximate surface area is 249 Å². The number of carbonyl (C=O) groups is 1. The number of nitrogen functional groups attached to an aromatic ring is 1. The summed E-state index contributed by atoms with van der Waals surface area (Å²) < 4.78 is 23.0. The van der Waals surface area contributed by atoms with E-state index in [0.29, 0.717) is 47.4 Å². The maximum Gasteiger partial charge on any atom is 0.264 e. The van der Waals surface area contributed by atoms with Crippen molar-refractivity contribution >= 4 is 22.8 Å². The van der Waals surface area contributed by atoms with Crippen molar-refractivity contribution in [2.75, 3.05) is 12.3 Å². The van der Waals surface area contributed by atoms with Gasteiger partial charge in [-0.1, -0.05) is 18.2 Å². The number of para-hydroxylation sites is 1. The average Bonchev–Trinajstić information content (AvgIpc) is 3.52. The van der Waals surface area contributed by atoms with Gasteiger partial charge in [0.1, 0.15) is 46.8 Å². The van der Waals surface area contributed by atoms with Crippen molar-refractivity contribution in [3.8, 4) is 28.8 Å². The number of hydrogen-bond acceptors (Lipinski definition) is 8. The molecule has 0 radical (unpaired) electrons. The number of nitrogens with two attached hydrogens (primary N) is 1. The number of likely N-dealkylation sites (tertiary alicyclic amines) is 1. The number of anilines is 1. The van der Waals surface area contributed by atoms with Gasteiger partial charge in [0.05, 0.1) is 18.0 Å². The number of carbonyl (C=O) groups excluding carboxylic acids is 1.